The first-order chi connectivity index (χ1) is 8.42. The fourth-order valence-corrected chi connectivity index (χ4v) is 1.87. The molecule has 0 aliphatic heterocycles. The molecule has 0 saturated heterocycles. The molecule has 0 aliphatic carbocycles. The summed E-state index contributed by atoms with van der Waals surface area (Å²) in [6, 6.07) is 1.33. The van der Waals surface area contributed by atoms with Crippen LogP contribution in [0.25, 0.3) is 0 Å². The predicted octanol–water partition coefficient (Wildman–Crippen LogP) is 2.18. The van der Waals surface area contributed by atoms with Crippen LogP contribution in [0.2, 0.25) is 5.15 Å². The second-order valence-corrected chi connectivity index (χ2v) is 5.25. The number of hydrogen-bond acceptors (Lipinski definition) is 5. The number of carbonyl (C=O) groups is 1. The predicted molar refractivity (Wildman–Crippen MR) is 75.2 cm³/mol. The summed E-state index contributed by atoms with van der Waals surface area (Å²) in [5, 5.41) is 6.75. The molecule has 5 nitrogen and oxygen atoms in total. The van der Waals surface area contributed by atoms with Crippen molar-refractivity contribution in [2.24, 2.45) is 0 Å². The summed E-state index contributed by atoms with van der Waals surface area (Å²) in [6.45, 7) is 5.60. The summed E-state index contributed by atoms with van der Waals surface area (Å²) in [5.41, 5.74) is 0. The fourth-order valence-electron chi connectivity index (χ4n) is 1.26. The first-order valence-electron chi connectivity index (χ1n) is 5.58. The molecule has 1 aromatic heterocycles. The average Bonchev–Trinajstić information content (AvgIpc) is 2.27. The van der Waals surface area contributed by atoms with Crippen LogP contribution in [0.4, 0.5) is 5.82 Å². The molecule has 1 heterocycles. The molecule has 1 aromatic rings. The van der Waals surface area contributed by atoms with Crippen molar-refractivity contribution in [3.05, 3.63) is 11.2 Å². The number of thioether (sulfide) groups is 1. The summed E-state index contributed by atoms with van der Waals surface area (Å²) in [5.74, 6) is 0.469. The third-order valence-electron chi connectivity index (χ3n) is 2.05. The number of carbonyl (C=O) groups excluding carboxylic acids is 1. The van der Waals surface area contributed by atoms with Gasteiger partial charge in [0.05, 0.1) is 0 Å². The van der Waals surface area contributed by atoms with Crippen LogP contribution in [0.5, 0.6) is 0 Å². The van der Waals surface area contributed by atoms with E-state index in [2.05, 4.69) is 20.6 Å². The quantitative estimate of drug-likeness (QED) is 0.494. The zero-order valence-corrected chi connectivity index (χ0v) is 12.4. The van der Waals surface area contributed by atoms with E-state index in [9.17, 15) is 4.79 Å². The van der Waals surface area contributed by atoms with Crippen molar-refractivity contribution in [2.75, 3.05) is 11.6 Å². The lowest BCUT2D eigenvalue weighted by molar-refractivity contribution is -0.122. The van der Waals surface area contributed by atoms with Crippen LogP contribution in [0, 0.1) is 0 Å². The minimum atomic E-state index is -0.381. The maximum Gasteiger partial charge on any atom is 0.242 e. The van der Waals surface area contributed by atoms with Crippen molar-refractivity contribution in [1.29, 1.82) is 0 Å². The third-order valence-corrected chi connectivity index (χ3v) is 2.79. The molecule has 100 valence electrons. The highest BCUT2D eigenvalue weighted by Gasteiger charge is 2.14. The van der Waals surface area contributed by atoms with Gasteiger partial charge in [-0.15, -0.1) is 0 Å². The summed E-state index contributed by atoms with van der Waals surface area (Å²) in [7, 11) is 0. The summed E-state index contributed by atoms with van der Waals surface area (Å²) in [6.07, 6.45) is 1.87. The van der Waals surface area contributed by atoms with E-state index in [0.29, 0.717) is 16.1 Å². The van der Waals surface area contributed by atoms with Crippen LogP contribution in [0.1, 0.15) is 20.8 Å². The number of halogens is 1. The Hall–Kier alpha value is -1.01. The van der Waals surface area contributed by atoms with Crippen LogP contribution in [-0.4, -0.2) is 34.2 Å². The number of hydrogen-bond donors (Lipinski definition) is 2. The van der Waals surface area contributed by atoms with Gasteiger partial charge in [0, 0.05) is 12.1 Å². The van der Waals surface area contributed by atoms with Crippen molar-refractivity contribution in [2.45, 2.75) is 38.0 Å². The molecule has 0 radical (unpaired) electrons. The molecule has 0 bridgehead atoms. The standard InChI is InChI=1S/C11H17ClN4OS/c1-6(2)13-10(17)7(3)14-9-5-8(12)15-11(16-9)18-4/h5-7H,1-4H3,(H,13,17)(H,14,15,16). The topological polar surface area (TPSA) is 66.9 Å². The number of nitrogens with zero attached hydrogens (tertiary/aromatic N) is 2. The van der Waals surface area contributed by atoms with Crippen LogP contribution in [0.3, 0.4) is 0 Å². The molecule has 7 heteroatoms. The van der Waals surface area contributed by atoms with E-state index in [0.717, 1.165) is 0 Å². The van der Waals surface area contributed by atoms with E-state index < -0.39 is 0 Å². The van der Waals surface area contributed by atoms with Gasteiger partial charge in [-0.3, -0.25) is 4.79 Å². The second-order valence-electron chi connectivity index (χ2n) is 4.09. The Morgan fingerprint density at radius 3 is 2.61 bits per heavy atom. The zero-order chi connectivity index (χ0) is 13.7. The first kappa shape index (κ1) is 15.0. The van der Waals surface area contributed by atoms with Crippen LogP contribution in [-0.2, 0) is 4.79 Å². The van der Waals surface area contributed by atoms with Gasteiger partial charge in [-0.05, 0) is 27.0 Å². The van der Waals surface area contributed by atoms with E-state index in [4.69, 9.17) is 11.6 Å². The lowest BCUT2D eigenvalue weighted by atomic mass is 10.3. The molecule has 1 rings (SSSR count). The maximum absolute atomic E-state index is 11.7. The van der Waals surface area contributed by atoms with E-state index >= 15 is 0 Å². The minimum Gasteiger partial charge on any atom is -0.358 e. The van der Waals surface area contributed by atoms with Crippen molar-refractivity contribution >= 4 is 35.1 Å². The number of rotatable bonds is 5. The van der Waals surface area contributed by atoms with Gasteiger partial charge >= 0.3 is 0 Å². The minimum absolute atomic E-state index is 0.0783. The number of aromatic nitrogens is 2. The molecule has 1 unspecified atom stereocenters. The summed E-state index contributed by atoms with van der Waals surface area (Å²) < 4.78 is 0. The van der Waals surface area contributed by atoms with Gasteiger partial charge in [0.25, 0.3) is 0 Å². The Kier molecular flexibility index (Phi) is 5.68. The van der Waals surface area contributed by atoms with E-state index in [1.165, 1.54) is 11.8 Å². The van der Waals surface area contributed by atoms with Crippen molar-refractivity contribution in [3.8, 4) is 0 Å². The Bertz CT molecular complexity index is 428. The van der Waals surface area contributed by atoms with E-state index in [-0.39, 0.29) is 18.0 Å². The van der Waals surface area contributed by atoms with Gasteiger partial charge in [0.15, 0.2) is 5.16 Å². The molecule has 0 spiro atoms. The van der Waals surface area contributed by atoms with Gasteiger partial charge in [-0.1, -0.05) is 23.4 Å². The van der Waals surface area contributed by atoms with Gasteiger partial charge < -0.3 is 10.6 Å². The molecule has 0 fully saturated rings. The largest absolute Gasteiger partial charge is 0.358 e. The molecular formula is C11H17ClN4OS. The molecule has 0 aromatic carbocycles. The van der Waals surface area contributed by atoms with E-state index in [1.807, 2.05) is 20.1 Å². The van der Waals surface area contributed by atoms with Crippen molar-refractivity contribution in [1.82, 2.24) is 15.3 Å². The van der Waals surface area contributed by atoms with Crippen LogP contribution >= 0.6 is 23.4 Å². The van der Waals surface area contributed by atoms with E-state index in [1.54, 1.807) is 13.0 Å². The van der Waals surface area contributed by atoms with Gasteiger partial charge in [0.2, 0.25) is 5.91 Å². The third kappa shape index (κ3) is 4.70. The Morgan fingerprint density at radius 1 is 1.39 bits per heavy atom. The monoisotopic (exact) mass is 288 g/mol. The van der Waals surface area contributed by atoms with Gasteiger partial charge in [0.1, 0.15) is 17.0 Å². The Morgan fingerprint density at radius 2 is 2.06 bits per heavy atom. The smallest absolute Gasteiger partial charge is 0.242 e. The first-order valence-corrected chi connectivity index (χ1v) is 7.18. The van der Waals surface area contributed by atoms with Crippen molar-refractivity contribution in [3.63, 3.8) is 0 Å². The van der Waals surface area contributed by atoms with Crippen molar-refractivity contribution < 1.29 is 4.79 Å². The van der Waals surface area contributed by atoms with Gasteiger partial charge in [-0.2, -0.15) is 0 Å². The van der Waals surface area contributed by atoms with Crippen LogP contribution in [0.15, 0.2) is 11.2 Å². The summed E-state index contributed by atoms with van der Waals surface area (Å²) in [4.78, 5) is 20.0. The fraction of sp³-hybridized carbons (Fsp3) is 0.545. The highest BCUT2D eigenvalue weighted by atomic mass is 35.5. The normalized spacial score (nSPS) is 12.3. The molecule has 2 N–H and O–H groups in total. The Labute approximate surface area is 116 Å². The molecular weight excluding hydrogens is 272 g/mol. The highest BCUT2D eigenvalue weighted by Crippen LogP contribution is 2.17. The maximum atomic E-state index is 11.7. The lowest BCUT2D eigenvalue weighted by Gasteiger charge is -2.16. The highest BCUT2D eigenvalue weighted by molar-refractivity contribution is 7.98. The molecule has 18 heavy (non-hydrogen) atoms. The Balaban J connectivity index is 2.72. The molecule has 0 aliphatic rings. The molecule has 0 saturated carbocycles. The number of nitrogens with one attached hydrogen (secondary N) is 2. The van der Waals surface area contributed by atoms with Gasteiger partial charge in [-0.25, -0.2) is 9.97 Å². The zero-order valence-electron chi connectivity index (χ0n) is 10.8. The second kappa shape index (κ2) is 6.80. The molecule has 1 amide bonds. The average molecular weight is 289 g/mol. The number of amides is 1. The number of anilines is 1. The molecule has 1 atom stereocenters. The van der Waals surface area contributed by atoms with Crippen LogP contribution < -0.4 is 10.6 Å². The lowest BCUT2D eigenvalue weighted by Crippen LogP contribution is -2.41. The SMILES string of the molecule is CSc1nc(Cl)cc(NC(C)C(=O)NC(C)C)n1. The summed E-state index contributed by atoms with van der Waals surface area (Å²) >= 11 is 7.27.